The van der Waals surface area contributed by atoms with E-state index in [1.807, 2.05) is 0 Å². The maximum atomic E-state index is 9.88. The molecule has 1 aliphatic rings. The number of aliphatic hydroxyl groups excluding tert-OH is 1. The van der Waals surface area contributed by atoms with E-state index in [1.165, 1.54) is 6.42 Å². The Labute approximate surface area is 94.0 Å². The largest absolute Gasteiger partial charge is 0.375 e. The van der Waals surface area contributed by atoms with Crippen molar-refractivity contribution in [3.8, 4) is 0 Å². The van der Waals surface area contributed by atoms with E-state index in [2.05, 4.69) is 39.2 Å². The van der Waals surface area contributed by atoms with E-state index in [0.717, 1.165) is 13.0 Å². The average molecular weight is 211 g/mol. The first-order valence-corrected chi connectivity index (χ1v) is 5.92. The summed E-state index contributed by atoms with van der Waals surface area (Å²) in [5.74, 6) is 0.684. The molecule has 1 unspecified atom stereocenters. The lowest BCUT2D eigenvalue weighted by atomic mass is 9.88. The van der Waals surface area contributed by atoms with E-state index in [1.54, 1.807) is 6.08 Å². The van der Waals surface area contributed by atoms with Gasteiger partial charge in [-0.3, -0.25) is 4.90 Å². The highest BCUT2D eigenvalue weighted by molar-refractivity contribution is 4.95. The van der Waals surface area contributed by atoms with Crippen LogP contribution in [0.2, 0.25) is 0 Å². The van der Waals surface area contributed by atoms with Crippen molar-refractivity contribution in [1.29, 1.82) is 0 Å². The van der Waals surface area contributed by atoms with Crippen LogP contribution in [0.4, 0.5) is 0 Å². The first-order valence-electron chi connectivity index (χ1n) is 5.92. The zero-order valence-electron chi connectivity index (χ0n) is 10.5. The SMILES string of the molecule is C=CC(O)N1CC(C)(C)C[C@@H]1CC(C)C. The van der Waals surface area contributed by atoms with Crippen molar-refractivity contribution in [2.45, 2.75) is 52.8 Å². The Morgan fingerprint density at radius 1 is 1.53 bits per heavy atom. The van der Waals surface area contributed by atoms with E-state index in [0.29, 0.717) is 17.4 Å². The van der Waals surface area contributed by atoms with Crippen LogP contribution in [0, 0.1) is 11.3 Å². The molecule has 1 N–H and O–H groups in total. The van der Waals surface area contributed by atoms with Gasteiger partial charge in [0.2, 0.25) is 0 Å². The van der Waals surface area contributed by atoms with Gasteiger partial charge in [-0.15, -0.1) is 0 Å². The molecule has 1 aliphatic heterocycles. The molecule has 0 aliphatic carbocycles. The van der Waals surface area contributed by atoms with Gasteiger partial charge in [0.1, 0.15) is 6.23 Å². The lowest BCUT2D eigenvalue weighted by Gasteiger charge is -2.28. The smallest absolute Gasteiger partial charge is 0.126 e. The number of hydrogen-bond donors (Lipinski definition) is 1. The number of nitrogens with zero attached hydrogens (tertiary/aromatic N) is 1. The van der Waals surface area contributed by atoms with Crippen molar-refractivity contribution >= 4 is 0 Å². The zero-order valence-corrected chi connectivity index (χ0v) is 10.5. The monoisotopic (exact) mass is 211 g/mol. The third-order valence-electron chi connectivity index (χ3n) is 3.16. The Kier molecular flexibility index (Phi) is 3.96. The first-order chi connectivity index (χ1) is 6.85. The summed E-state index contributed by atoms with van der Waals surface area (Å²) in [4.78, 5) is 2.19. The zero-order chi connectivity index (χ0) is 11.6. The van der Waals surface area contributed by atoms with Crippen molar-refractivity contribution in [1.82, 2.24) is 4.90 Å². The van der Waals surface area contributed by atoms with Crippen LogP contribution in [-0.2, 0) is 0 Å². The summed E-state index contributed by atoms with van der Waals surface area (Å²) in [5.41, 5.74) is 0.323. The highest BCUT2D eigenvalue weighted by atomic mass is 16.3. The Morgan fingerprint density at radius 2 is 2.13 bits per heavy atom. The second-order valence-electron chi connectivity index (χ2n) is 5.97. The van der Waals surface area contributed by atoms with E-state index in [9.17, 15) is 5.11 Å². The van der Waals surface area contributed by atoms with Gasteiger partial charge in [-0.25, -0.2) is 0 Å². The molecule has 15 heavy (non-hydrogen) atoms. The van der Waals surface area contributed by atoms with Crippen LogP contribution < -0.4 is 0 Å². The standard InChI is InChI=1S/C13H25NO/c1-6-12(15)14-9-13(4,5)8-11(14)7-10(2)3/h6,10-12,15H,1,7-9H2,2-5H3/t11-,12?/m0/s1. The maximum absolute atomic E-state index is 9.88. The quantitative estimate of drug-likeness (QED) is 0.723. The molecule has 2 heteroatoms. The van der Waals surface area contributed by atoms with Crippen molar-refractivity contribution in [2.24, 2.45) is 11.3 Å². The lowest BCUT2D eigenvalue weighted by molar-refractivity contribution is 0.0230. The summed E-state index contributed by atoms with van der Waals surface area (Å²) in [6.45, 7) is 13.7. The van der Waals surface area contributed by atoms with Crippen LogP contribution in [0.5, 0.6) is 0 Å². The molecule has 1 heterocycles. The molecule has 0 radical (unpaired) electrons. The van der Waals surface area contributed by atoms with E-state index >= 15 is 0 Å². The van der Waals surface area contributed by atoms with Crippen molar-refractivity contribution in [3.63, 3.8) is 0 Å². The van der Waals surface area contributed by atoms with Gasteiger partial charge in [-0.2, -0.15) is 0 Å². The molecule has 2 nitrogen and oxygen atoms in total. The minimum atomic E-state index is -0.476. The molecule has 0 bridgehead atoms. The fourth-order valence-corrected chi connectivity index (χ4v) is 2.65. The van der Waals surface area contributed by atoms with Gasteiger partial charge in [-0.1, -0.05) is 34.3 Å². The predicted molar refractivity (Wildman–Crippen MR) is 64.6 cm³/mol. The van der Waals surface area contributed by atoms with E-state index in [-0.39, 0.29) is 0 Å². The molecular formula is C13H25NO. The fraction of sp³-hybridized carbons (Fsp3) is 0.846. The molecular weight excluding hydrogens is 186 g/mol. The molecule has 0 aromatic heterocycles. The van der Waals surface area contributed by atoms with E-state index < -0.39 is 6.23 Å². The molecule has 88 valence electrons. The minimum Gasteiger partial charge on any atom is -0.375 e. The van der Waals surface area contributed by atoms with Crippen LogP contribution in [-0.4, -0.2) is 28.8 Å². The third kappa shape index (κ3) is 3.32. The van der Waals surface area contributed by atoms with Crippen LogP contribution in [0.15, 0.2) is 12.7 Å². The van der Waals surface area contributed by atoms with Gasteiger partial charge < -0.3 is 5.11 Å². The van der Waals surface area contributed by atoms with Crippen LogP contribution >= 0.6 is 0 Å². The molecule has 0 amide bonds. The van der Waals surface area contributed by atoms with Gasteiger partial charge in [0.05, 0.1) is 0 Å². The molecule has 0 aromatic rings. The molecule has 1 fully saturated rings. The van der Waals surface area contributed by atoms with Crippen molar-refractivity contribution in [3.05, 3.63) is 12.7 Å². The Bertz CT molecular complexity index is 223. The number of hydrogen-bond acceptors (Lipinski definition) is 2. The summed E-state index contributed by atoms with van der Waals surface area (Å²) in [6, 6.07) is 0.507. The number of likely N-dealkylation sites (tertiary alicyclic amines) is 1. The lowest BCUT2D eigenvalue weighted by Crippen LogP contribution is -2.39. The topological polar surface area (TPSA) is 23.5 Å². The van der Waals surface area contributed by atoms with Gasteiger partial charge in [0.15, 0.2) is 0 Å². The van der Waals surface area contributed by atoms with Crippen molar-refractivity contribution in [2.75, 3.05) is 6.54 Å². The summed E-state index contributed by atoms with van der Waals surface area (Å²) in [6.07, 6.45) is 3.50. The first kappa shape index (κ1) is 12.7. The summed E-state index contributed by atoms with van der Waals surface area (Å²) < 4.78 is 0. The Balaban J connectivity index is 2.69. The second kappa shape index (κ2) is 4.67. The minimum absolute atomic E-state index is 0.323. The highest BCUT2D eigenvalue weighted by Gasteiger charge is 2.39. The van der Waals surface area contributed by atoms with Gasteiger partial charge in [0, 0.05) is 12.6 Å². The van der Waals surface area contributed by atoms with Gasteiger partial charge >= 0.3 is 0 Å². The molecule has 0 spiro atoms. The van der Waals surface area contributed by atoms with Gasteiger partial charge in [-0.05, 0) is 30.3 Å². The van der Waals surface area contributed by atoms with Crippen LogP contribution in [0.1, 0.15) is 40.5 Å². The second-order valence-corrected chi connectivity index (χ2v) is 5.97. The fourth-order valence-electron chi connectivity index (χ4n) is 2.65. The van der Waals surface area contributed by atoms with Gasteiger partial charge in [0.25, 0.3) is 0 Å². The van der Waals surface area contributed by atoms with Crippen LogP contribution in [0.3, 0.4) is 0 Å². The average Bonchev–Trinajstić information content (AvgIpc) is 2.38. The summed E-state index contributed by atoms with van der Waals surface area (Å²) >= 11 is 0. The number of rotatable bonds is 4. The van der Waals surface area contributed by atoms with E-state index in [4.69, 9.17) is 0 Å². The van der Waals surface area contributed by atoms with Crippen LogP contribution in [0.25, 0.3) is 0 Å². The molecule has 1 saturated heterocycles. The summed E-state index contributed by atoms with van der Waals surface area (Å²) in [5, 5.41) is 9.88. The predicted octanol–water partition coefficient (Wildman–Crippen LogP) is 2.64. The number of aliphatic hydroxyl groups is 1. The normalized spacial score (nSPS) is 28.3. The third-order valence-corrected chi connectivity index (χ3v) is 3.16. The summed E-state index contributed by atoms with van der Waals surface area (Å²) in [7, 11) is 0. The molecule has 0 saturated carbocycles. The molecule has 0 aromatic carbocycles. The Morgan fingerprint density at radius 3 is 2.60 bits per heavy atom. The maximum Gasteiger partial charge on any atom is 0.126 e. The molecule has 1 rings (SSSR count). The highest BCUT2D eigenvalue weighted by Crippen LogP contribution is 2.37. The Hall–Kier alpha value is -0.340. The molecule has 2 atom stereocenters. The van der Waals surface area contributed by atoms with Crippen molar-refractivity contribution < 1.29 is 5.11 Å².